The summed E-state index contributed by atoms with van der Waals surface area (Å²) in [6.45, 7) is 5.60. The van der Waals surface area contributed by atoms with Crippen molar-refractivity contribution in [2.75, 3.05) is 39.3 Å². The Balaban J connectivity index is 1.43. The standard InChI is InChI=1S/C21H27N3O3S/c1-17(21(25)23-10-4-5-11-23)22-12-14-24(15-13-22)28(26,27)20-9-8-18-6-2-3-7-19(18)16-20/h2-3,6-9,16-17H,4-5,10-15H2,1H3. The zero-order valence-electron chi connectivity index (χ0n) is 16.3. The average molecular weight is 402 g/mol. The molecule has 0 radical (unpaired) electrons. The highest BCUT2D eigenvalue weighted by Crippen LogP contribution is 2.23. The lowest BCUT2D eigenvalue weighted by Crippen LogP contribution is -2.55. The van der Waals surface area contributed by atoms with Crippen LogP contribution in [0.25, 0.3) is 10.8 Å². The Morgan fingerprint density at radius 1 is 0.893 bits per heavy atom. The Hall–Kier alpha value is -1.96. The summed E-state index contributed by atoms with van der Waals surface area (Å²) in [5.74, 6) is 0.170. The Bertz CT molecular complexity index is 962. The van der Waals surface area contributed by atoms with E-state index in [0.29, 0.717) is 31.1 Å². The van der Waals surface area contributed by atoms with Crippen LogP contribution < -0.4 is 0 Å². The predicted molar refractivity (Wildman–Crippen MR) is 110 cm³/mol. The number of hydrogen-bond donors (Lipinski definition) is 0. The van der Waals surface area contributed by atoms with Gasteiger partial charge in [0.05, 0.1) is 10.9 Å². The summed E-state index contributed by atoms with van der Waals surface area (Å²) in [6.07, 6.45) is 2.16. The molecule has 150 valence electrons. The third-order valence-corrected chi connectivity index (χ3v) is 7.85. The maximum atomic E-state index is 13.1. The molecule has 0 bridgehead atoms. The molecule has 4 rings (SSSR count). The molecule has 28 heavy (non-hydrogen) atoms. The van der Waals surface area contributed by atoms with Gasteiger partial charge in [-0.2, -0.15) is 4.31 Å². The fourth-order valence-electron chi connectivity index (χ4n) is 4.17. The summed E-state index contributed by atoms with van der Waals surface area (Å²) in [7, 11) is -3.53. The summed E-state index contributed by atoms with van der Waals surface area (Å²) in [5, 5.41) is 1.95. The van der Waals surface area contributed by atoms with Gasteiger partial charge in [0, 0.05) is 39.3 Å². The van der Waals surface area contributed by atoms with Crippen molar-refractivity contribution in [2.24, 2.45) is 0 Å². The van der Waals surface area contributed by atoms with Gasteiger partial charge in [0.15, 0.2) is 0 Å². The SMILES string of the molecule is CC(C(=O)N1CCCC1)N1CCN(S(=O)(=O)c2ccc3ccccc3c2)CC1. The van der Waals surface area contributed by atoms with Gasteiger partial charge in [-0.05, 0) is 42.7 Å². The van der Waals surface area contributed by atoms with Crippen molar-refractivity contribution in [3.05, 3.63) is 42.5 Å². The molecule has 1 amide bonds. The lowest BCUT2D eigenvalue weighted by Gasteiger charge is -2.37. The van der Waals surface area contributed by atoms with Gasteiger partial charge < -0.3 is 4.90 Å². The molecule has 2 aromatic carbocycles. The molecule has 0 aliphatic carbocycles. The summed E-state index contributed by atoms with van der Waals surface area (Å²) in [6, 6.07) is 12.9. The van der Waals surface area contributed by atoms with E-state index in [-0.39, 0.29) is 11.9 Å². The van der Waals surface area contributed by atoms with Crippen LogP contribution in [0.1, 0.15) is 19.8 Å². The van der Waals surface area contributed by atoms with E-state index in [1.807, 2.05) is 42.2 Å². The minimum atomic E-state index is -3.53. The number of likely N-dealkylation sites (tertiary alicyclic amines) is 1. The topological polar surface area (TPSA) is 60.9 Å². The monoisotopic (exact) mass is 401 g/mol. The van der Waals surface area contributed by atoms with Crippen molar-refractivity contribution < 1.29 is 13.2 Å². The first-order chi connectivity index (χ1) is 13.5. The summed E-state index contributed by atoms with van der Waals surface area (Å²) >= 11 is 0. The van der Waals surface area contributed by atoms with Gasteiger partial charge in [0.1, 0.15) is 0 Å². The maximum Gasteiger partial charge on any atom is 0.243 e. The van der Waals surface area contributed by atoms with Crippen molar-refractivity contribution >= 4 is 26.7 Å². The molecule has 0 N–H and O–H groups in total. The van der Waals surface area contributed by atoms with E-state index < -0.39 is 10.0 Å². The first-order valence-corrected chi connectivity index (χ1v) is 11.4. The van der Waals surface area contributed by atoms with Crippen LogP contribution in [-0.4, -0.2) is 73.7 Å². The maximum absolute atomic E-state index is 13.1. The van der Waals surface area contributed by atoms with Gasteiger partial charge in [-0.15, -0.1) is 0 Å². The van der Waals surface area contributed by atoms with E-state index in [2.05, 4.69) is 4.90 Å². The third kappa shape index (κ3) is 3.66. The predicted octanol–water partition coefficient (Wildman–Crippen LogP) is 2.16. The Labute approximate surface area is 166 Å². The smallest absolute Gasteiger partial charge is 0.243 e. The van der Waals surface area contributed by atoms with E-state index in [1.165, 1.54) is 0 Å². The van der Waals surface area contributed by atoms with E-state index in [9.17, 15) is 13.2 Å². The molecule has 0 aromatic heterocycles. The van der Waals surface area contributed by atoms with E-state index in [4.69, 9.17) is 0 Å². The van der Waals surface area contributed by atoms with Crippen molar-refractivity contribution in [3.8, 4) is 0 Å². The van der Waals surface area contributed by atoms with Crippen molar-refractivity contribution in [2.45, 2.75) is 30.7 Å². The molecule has 6 nitrogen and oxygen atoms in total. The van der Waals surface area contributed by atoms with Crippen molar-refractivity contribution in [1.82, 2.24) is 14.1 Å². The lowest BCUT2D eigenvalue weighted by molar-refractivity contribution is -0.135. The van der Waals surface area contributed by atoms with Crippen LogP contribution in [-0.2, 0) is 14.8 Å². The second-order valence-corrected chi connectivity index (χ2v) is 9.60. The second-order valence-electron chi connectivity index (χ2n) is 7.66. The van der Waals surface area contributed by atoms with Crippen molar-refractivity contribution in [3.63, 3.8) is 0 Å². The van der Waals surface area contributed by atoms with E-state index in [1.54, 1.807) is 16.4 Å². The largest absolute Gasteiger partial charge is 0.341 e. The molecule has 1 atom stereocenters. The quantitative estimate of drug-likeness (QED) is 0.788. The molecular formula is C21H27N3O3S. The average Bonchev–Trinajstić information content (AvgIpc) is 3.27. The summed E-state index contributed by atoms with van der Waals surface area (Å²) < 4.78 is 27.7. The second kappa shape index (κ2) is 7.81. The van der Waals surface area contributed by atoms with Crippen LogP contribution >= 0.6 is 0 Å². The molecule has 2 fully saturated rings. The Kier molecular flexibility index (Phi) is 5.40. The number of hydrogen-bond acceptors (Lipinski definition) is 4. The zero-order chi connectivity index (χ0) is 19.7. The lowest BCUT2D eigenvalue weighted by atomic mass is 10.1. The Morgan fingerprint density at radius 3 is 2.21 bits per heavy atom. The summed E-state index contributed by atoms with van der Waals surface area (Å²) in [5.41, 5.74) is 0. The number of amides is 1. The number of piperazine rings is 1. The molecule has 7 heteroatoms. The van der Waals surface area contributed by atoms with Crippen LogP contribution in [0.3, 0.4) is 0 Å². The zero-order valence-corrected chi connectivity index (χ0v) is 17.1. The number of nitrogens with zero attached hydrogens (tertiary/aromatic N) is 3. The molecule has 0 spiro atoms. The van der Waals surface area contributed by atoms with Gasteiger partial charge in [-0.25, -0.2) is 8.42 Å². The Morgan fingerprint density at radius 2 is 1.54 bits per heavy atom. The normalized spacial score (nSPS) is 20.5. The fraction of sp³-hybridized carbons (Fsp3) is 0.476. The number of sulfonamides is 1. The number of fused-ring (bicyclic) bond motifs is 1. The van der Waals surface area contributed by atoms with Crippen LogP contribution in [0.4, 0.5) is 0 Å². The van der Waals surface area contributed by atoms with Gasteiger partial charge in [0.2, 0.25) is 15.9 Å². The van der Waals surface area contributed by atoms with Gasteiger partial charge >= 0.3 is 0 Å². The molecule has 1 unspecified atom stereocenters. The van der Waals surface area contributed by atoms with Crippen molar-refractivity contribution in [1.29, 1.82) is 0 Å². The molecule has 2 aliphatic heterocycles. The highest BCUT2D eigenvalue weighted by molar-refractivity contribution is 7.89. The number of benzene rings is 2. The van der Waals surface area contributed by atoms with E-state index >= 15 is 0 Å². The number of carbonyl (C=O) groups excluding carboxylic acids is 1. The number of rotatable bonds is 4. The van der Waals surface area contributed by atoms with Gasteiger partial charge in [0.25, 0.3) is 0 Å². The molecular weight excluding hydrogens is 374 g/mol. The van der Waals surface area contributed by atoms with Gasteiger partial charge in [-0.1, -0.05) is 30.3 Å². The van der Waals surface area contributed by atoms with Crippen LogP contribution in [0.15, 0.2) is 47.4 Å². The highest BCUT2D eigenvalue weighted by atomic mass is 32.2. The molecule has 2 heterocycles. The molecule has 0 saturated carbocycles. The van der Waals surface area contributed by atoms with Gasteiger partial charge in [-0.3, -0.25) is 9.69 Å². The molecule has 2 aromatic rings. The van der Waals surface area contributed by atoms with E-state index in [0.717, 1.165) is 36.7 Å². The minimum absolute atomic E-state index is 0.170. The number of carbonyl (C=O) groups is 1. The highest BCUT2D eigenvalue weighted by Gasteiger charge is 2.33. The van der Waals surface area contributed by atoms with Crippen LogP contribution in [0.2, 0.25) is 0 Å². The first kappa shape index (κ1) is 19.4. The third-order valence-electron chi connectivity index (χ3n) is 5.95. The first-order valence-electron chi connectivity index (χ1n) is 9.98. The minimum Gasteiger partial charge on any atom is -0.341 e. The molecule has 2 aliphatic rings. The van der Waals surface area contributed by atoms with Crippen LogP contribution in [0, 0.1) is 0 Å². The molecule has 2 saturated heterocycles. The van der Waals surface area contributed by atoms with Crippen LogP contribution in [0.5, 0.6) is 0 Å². The fourth-order valence-corrected chi connectivity index (χ4v) is 5.62. The summed E-state index contributed by atoms with van der Waals surface area (Å²) in [4.78, 5) is 17.0.